The minimum atomic E-state index is -0.117. The maximum atomic E-state index is 12.5. The number of benzene rings is 1. The van der Waals surface area contributed by atoms with Crippen molar-refractivity contribution in [2.45, 2.75) is 26.2 Å². The Balaban J connectivity index is 1.48. The number of hydrogen-bond acceptors (Lipinski definition) is 4. The first-order chi connectivity index (χ1) is 12.5. The third kappa shape index (κ3) is 4.55. The van der Waals surface area contributed by atoms with Crippen molar-refractivity contribution in [3.05, 3.63) is 29.8 Å². The maximum Gasteiger partial charge on any atom is 0.224 e. The summed E-state index contributed by atoms with van der Waals surface area (Å²) < 4.78 is 10.4. The lowest BCUT2D eigenvalue weighted by atomic mass is 9.88. The van der Waals surface area contributed by atoms with Gasteiger partial charge < -0.3 is 19.7 Å². The summed E-state index contributed by atoms with van der Waals surface area (Å²) in [6, 6.07) is 7.88. The predicted molar refractivity (Wildman–Crippen MR) is 97.9 cm³/mol. The molecule has 142 valence electrons. The highest BCUT2D eigenvalue weighted by Gasteiger charge is 2.35. The Morgan fingerprint density at radius 2 is 2.08 bits per heavy atom. The van der Waals surface area contributed by atoms with Gasteiger partial charge in [0.25, 0.3) is 0 Å². The summed E-state index contributed by atoms with van der Waals surface area (Å²) in [5, 5.41) is 3.05. The van der Waals surface area contributed by atoms with Crippen LogP contribution in [0, 0.1) is 11.3 Å². The predicted octanol–water partition coefficient (Wildman–Crippen LogP) is 1.63. The number of likely N-dealkylation sites (tertiary alicyclic amines) is 1. The zero-order chi connectivity index (χ0) is 18.6. The lowest BCUT2D eigenvalue weighted by molar-refractivity contribution is -0.139. The largest absolute Gasteiger partial charge is 0.497 e. The molecule has 0 unspecified atom stereocenters. The molecular weight excluding hydrogens is 332 g/mol. The molecule has 0 aliphatic carbocycles. The summed E-state index contributed by atoms with van der Waals surface area (Å²) in [6.07, 6.45) is 1.86. The van der Waals surface area contributed by atoms with E-state index in [0.717, 1.165) is 17.7 Å². The molecule has 1 atom stereocenters. The average molecular weight is 360 g/mol. The molecule has 26 heavy (non-hydrogen) atoms. The van der Waals surface area contributed by atoms with Crippen LogP contribution in [0.3, 0.4) is 0 Å². The molecule has 3 rings (SSSR count). The molecule has 2 amide bonds. The highest BCUT2D eigenvalue weighted by molar-refractivity contribution is 5.83. The van der Waals surface area contributed by atoms with Gasteiger partial charge in [-0.3, -0.25) is 9.59 Å². The molecule has 2 heterocycles. The third-order valence-corrected chi connectivity index (χ3v) is 5.29. The van der Waals surface area contributed by atoms with Gasteiger partial charge in [-0.2, -0.15) is 0 Å². The number of methoxy groups -OCH3 is 1. The Labute approximate surface area is 154 Å². The van der Waals surface area contributed by atoms with E-state index in [1.54, 1.807) is 7.11 Å². The molecule has 1 aromatic carbocycles. The van der Waals surface area contributed by atoms with E-state index in [2.05, 4.69) is 12.2 Å². The molecule has 0 bridgehead atoms. The van der Waals surface area contributed by atoms with Crippen molar-refractivity contribution in [2.75, 3.05) is 40.0 Å². The van der Waals surface area contributed by atoms with Crippen LogP contribution in [0.5, 0.6) is 5.75 Å². The van der Waals surface area contributed by atoms with Crippen molar-refractivity contribution in [2.24, 2.45) is 11.3 Å². The van der Waals surface area contributed by atoms with Gasteiger partial charge in [0.15, 0.2) is 0 Å². The Hall–Kier alpha value is -2.08. The van der Waals surface area contributed by atoms with Crippen LogP contribution in [0.15, 0.2) is 24.3 Å². The van der Waals surface area contributed by atoms with Crippen LogP contribution in [-0.2, 0) is 20.7 Å². The third-order valence-electron chi connectivity index (χ3n) is 5.29. The van der Waals surface area contributed by atoms with Gasteiger partial charge in [-0.1, -0.05) is 19.1 Å². The van der Waals surface area contributed by atoms with E-state index in [9.17, 15) is 9.59 Å². The number of nitrogens with zero attached hydrogens (tertiary/aromatic N) is 1. The number of carbonyl (C=O) groups is 2. The van der Waals surface area contributed by atoms with Crippen molar-refractivity contribution >= 4 is 11.8 Å². The van der Waals surface area contributed by atoms with E-state index in [-0.39, 0.29) is 23.1 Å². The van der Waals surface area contributed by atoms with E-state index in [1.807, 2.05) is 29.2 Å². The highest BCUT2D eigenvalue weighted by atomic mass is 16.5. The molecule has 0 saturated carbocycles. The Morgan fingerprint density at radius 1 is 1.35 bits per heavy atom. The molecule has 0 aromatic heterocycles. The summed E-state index contributed by atoms with van der Waals surface area (Å²) in [6.45, 7) is 5.30. The minimum Gasteiger partial charge on any atom is -0.497 e. The SMILES string of the molecule is COc1ccc(CCN2C[C@@H](C(=O)NCC3(C)COC3)CCC2=O)cc1. The van der Waals surface area contributed by atoms with Gasteiger partial charge in [0.1, 0.15) is 5.75 Å². The Morgan fingerprint density at radius 3 is 2.69 bits per heavy atom. The summed E-state index contributed by atoms with van der Waals surface area (Å²) in [7, 11) is 1.64. The summed E-state index contributed by atoms with van der Waals surface area (Å²) in [5.41, 5.74) is 1.22. The summed E-state index contributed by atoms with van der Waals surface area (Å²) >= 11 is 0. The maximum absolute atomic E-state index is 12.5. The van der Waals surface area contributed by atoms with Crippen LogP contribution in [-0.4, -0.2) is 56.7 Å². The number of nitrogens with one attached hydrogen (secondary N) is 1. The number of carbonyl (C=O) groups excluding carboxylic acids is 2. The van der Waals surface area contributed by atoms with Gasteiger partial charge in [-0.05, 0) is 30.5 Å². The van der Waals surface area contributed by atoms with Gasteiger partial charge >= 0.3 is 0 Å². The molecule has 0 radical (unpaired) electrons. The van der Waals surface area contributed by atoms with Gasteiger partial charge in [0.2, 0.25) is 11.8 Å². The van der Waals surface area contributed by atoms with Gasteiger partial charge in [-0.25, -0.2) is 0 Å². The average Bonchev–Trinajstić information content (AvgIpc) is 2.64. The highest BCUT2D eigenvalue weighted by Crippen LogP contribution is 2.26. The van der Waals surface area contributed by atoms with Crippen LogP contribution >= 0.6 is 0 Å². The minimum absolute atomic E-state index is 0.0556. The number of amides is 2. The molecular formula is C20H28N2O4. The van der Waals surface area contributed by atoms with Gasteiger partial charge in [0.05, 0.1) is 26.2 Å². The first-order valence-corrected chi connectivity index (χ1v) is 9.25. The quantitative estimate of drug-likeness (QED) is 0.803. The summed E-state index contributed by atoms with van der Waals surface area (Å²) in [4.78, 5) is 26.5. The van der Waals surface area contributed by atoms with Crippen LogP contribution in [0.2, 0.25) is 0 Å². The van der Waals surface area contributed by atoms with Gasteiger partial charge in [-0.15, -0.1) is 0 Å². The second-order valence-electron chi connectivity index (χ2n) is 7.69. The lowest BCUT2D eigenvalue weighted by Gasteiger charge is -2.39. The fourth-order valence-electron chi connectivity index (χ4n) is 3.40. The van der Waals surface area contributed by atoms with Crippen molar-refractivity contribution in [1.82, 2.24) is 10.2 Å². The van der Waals surface area contributed by atoms with Crippen LogP contribution < -0.4 is 10.1 Å². The zero-order valence-electron chi connectivity index (χ0n) is 15.6. The molecule has 2 fully saturated rings. The molecule has 2 aliphatic heterocycles. The Bertz CT molecular complexity index is 640. The van der Waals surface area contributed by atoms with E-state index < -0.39 is 0 Å². The molecule has 0 spiro atoms. The monoisotopic (exact) mass is 360 g/mol. The van der Waals surface area contributed by atoms with Crippen molar-refractivity contribution in [1.29, 1.82) is 0 Å². The molecule has 6 nitrogen and oxygen atoms in total. The second kappa shape index (κ2) is 8.08. The van der Waals surface area contributed by atoms with E-state index in [1.165, 1.54) is 0 Å². The van der Waals surface area contributed by atoms with Crippen molar-refractivity contribution in [3.63, 3.8) is 0 Å². The lowest BCUT2D eigenvalue weighted by Crippen LogP contribution is -2.52. The number of rotatable bonds is 7. The van der Waals surface area contributed by atoms with Crippen LogP contribution in [0.4, 0.5) is 0 Å². The summed E-state index contributed by atoms with van der Waals surface area (Å²) in [5.74, 6) is 0.903. The molecule has 2 aliphatic rings. The molecule has 2 saturated heterocycles. The van der Waals surface area contributed by atoms with E-state index >= 15 is 0 Å². The van der Waals surface area contributed by atoms with E-state index in [0.29, 0.717) is 45.7 Å². The van der Waals surface area contributed by atoms with Crippen LogP contribution in [0.25, 0.3) is 0 Å². The molecule has 1 N–H and O–H groups in total. The number of hydrogen-bond donors (Lipinski definition) is 1. The van der Waals surface area contributed by atoms with Gasteiger partial charge in [0, 0.05) is 31.5 Å². The fraction of sp³-hybridized carbons (Fsp3) is 0.600. The molecule has 1 aromatic rings. The van der Waals surface area contributed by atoms with Crippen LogP contribution in [0.1, 0.15) is 25.3 Å². The number of ether oxygens (including phenoxy) is 2. The smallest absolute Gasteiger partial charge is 0.224 e. The standard InChI is InChI=1S/C20H28N2O4/c1-20(13-26-14-20)12-21-19(24)16-5-8-18(23)22(11-16)10-9-15-3-6-17(25-2)7-4-15/h3-4,6-7,16H,5,8-14H2,1-2H3,(H,21,24)/t16-/m0/s1. The first kappa shape index (κ1) is 18.7. The zero-order valence-corrected chi connectivity index (χ0v) is 15.6. The fourth-order valence-corrected chi connectivity index (χ4v) is 3.40. The number of piperidine rings is 1. The Kier molecular flexibility index (Phi) is 5.81. The van der Waals surface area contributed by atoms with Crippen molar-refractivity contribution < 1.29 is 19.1 Å². The normalized spacial score (nSPS) is 21.8. The molecule has 6 heteroatoms. The van der Waals surface area contributed by atoms with Crippen molar-refractivity contribution in [3.8, 4) is 5.75 Å². The first-order valence-electron chi connectivity index (χ1n) is 9.25. The topological polar surface area (TPSA) is 67.9 Å². The van der Waals surface area contributed by atoms with E-state index in [4.69, 9.17) is 9.47 Å². The second-order valence-corrected chi connectivity index (χ2v) is 7.69.